The number of amides is 1. The predicted octanol–water partition coefficient (Wildman–Crippen LogP) is 4.83. The van der Waals surface area contributed by atoms with Gasteiger partial charge in [0.2, 0.25) is 0 Å². The van der Waals surface area contributed by atoms with Gasteiger partial charge in [-0.25, -0.2) is 9.07 Å². The van der Waals surface area contributed by atoms with Crippen LogP contribution < -0.4 is 10.2 Å². The molecular formula is C21H20ClFN4O. The summed E-state index contributed by atoms with van der Waals surface area (Å²) in [5.41, 5.74) is 2.87. The second kappa shape index (κ2) is 7.64. The van der Waals surface area contributed by atoms with Crippen LogP contribution >= 0.6 is 11.6 Å². The highest BCUT2D eigenvalue weighted by molar-refractivity contribution is 6.31. The molecule has 28 heavy (non-hydrogen) atoms. The molecule has 2 heterocycles. The van der Waals surface area contributed by atoms with Crippen molar-refractivity contribution in [1.29, 1.82) is 0 Å². The highest BCUT2D eigenvalue weighted by atomic mass is 35.5. The summed E-state index contributed by atoms with van der Waals surface area (Å²) >= 11 is 6.16. The average molecular weight is 399 g/mol. The molecule has 2 aromatic carbocycles. The fourth-order valence-corrected chi connectivity index (χ4v) is 3.70. The number of benzene rings is 2. The summed E-state index contributed by atoms with van der Waals surface area (Å²) in [5.74, 6) is -0.699. The molecule has 1 aliphatic rings. The number of para-hydroxylation sites is 1. The maximum Gasteiger partial charge on any atom is 0.259 e. The van der Waals surface area contributed by atoms with E-state index in [1.165, 1.54) is 16.9 Å². The molecule has 1 fully saturated rings. The van der Waals surface area contributed by atoms with Crippen LogP contribution in [0.25, 0.3) is 5.69 Å². The molecule has 1 N–H and O–H groups in total. The third kappa shape index (κ3) is 3.47. The summed E-state index contributed by atoms with van der Waals surface area (Å²) in [4.78, 5) is 15.2. The number of halogens is 2. The van der Waals surface area contributed by atoms with E-state index in [0.29, 0.717) is 27.7 Å². The van der Waals surface area contributed by atoms with Crippen LogP contribution in [0.5, 0.6) is 0 Å². The number of hydrogen-bond donors (Lipinski definition) is 1. The Morgan fingerprint density at radius 3 is 2.64 bits per heavy atom. The smallest absolute Gasteiger partial charge is 0.259 e. The van der Waals surface area contributed by atoms with E-state index >= 15 is 0 Å². The second-order valence-electron chi connectivity index (χ2n) is 6.82. The normalized spacial score (nSPS) is 13.8. The van der Waals surface area contributed by atoms with E-state index in [1.54, 1.807) is 31.2 Å². The molecule has 144 valence electrons. The minimum Gasteiger partial charge on any atom is -0.370 e. The number of carbonyl (C=O) groups excluding carboxylic acids is 1. The number of hydrogen-bond acceptors (Lipinski definition) is 3. The van der Waals surface area contributed by atoms with Gasteiger partial charge < -0.3 is 10.2 Å². The van der Waals surface area contributed by atoms with Crippen molar-refractivity contribution in [2.24, 2.45) is 0 Å². The van der Waals surface area contributed by atoms with Crippen LogP contribution in [0.3, 0.4) is 0 Å². The first-order valence-electron chi connectivity index (χ1n) is 9.20. The molecule has 0 bridgehead atoms. The van der Waals surface area contributed by atoms with Crippen molar-refractivity contribution in [3.8, 4) is 5.69 Å². The zero-order valence-electron chi connectivity index (χ0n) is 15.5. The number of anilines is 2. The SMILES string of the molecule is Cc1c(C(=O)Nc2cc(Cl)ccc2N2CCCC2)cnn1-c1ccccc1F. The first-order valence-corrected chi connectivity index (χ1v) is 9.58. The van der Waals surface area contributed by atoms with Crippen molar-refractivity contribution in [2.45, 2.75) is 19.8 Å². The molecule has 0 unspecified atom stereocenters. The van der Waals surface area contributed by atoms with Gasteiger partial charge in [0.1, 0.15) is 11.5 Å². The van der Waals surface area contributed by atoms with Gasteiger partial charge in [0.15, 0.2) is 0 Å². The Labute approximate surface area is 167 Å². The quantitative estimate of drug-likeness (QED) is 0.685. The molecule has 5 nitrogen and oxygen atoms in total. The Kier molecular flexibility index (Phi) is 5.05. The molecule has 1 aromatic heterocycles. The van der Waals surface area contributed by atoms with E-state index in [0.717, 1.165) is 31.6 Å². The van der Waals surface area contributed by atoms with Crippen LogP contribution in [0.2, 0.25) is 5.02 Å². The topological polar surface area (TPSA) is 50.2 Å². The lowest BCUT2D eigenvalue weighted by atomic mass is 10.2. The lowest BCUT2D eigenvalue weighted by molar-refractivity contribution is 0.102. The minimum absolute atomic E-state index is 0.303. The summed E-state index contributed by atoms with van der Waals surface area (Å²) in [6.07, 6.45) is 3.71. The Balaban J connectivity index is 1.63. The molecule has 0 saturated carbocycles. The predicted molar refractivity (Wildman–Crippen MR) is 109 cm³/mol. The largest absolute Gasteiger partial charge is 0.370 e. The van der Waals surface area contributed by atoms with E-state index in [9.17, 15) is 9.18 Å². The number of nitrogens with one attached hydrogen (secondary N) is 1. The van der Waals surface area contributed by atoms with Gasteiger partial charge in [0, 0.05) is 18.1 Å². The lowest BCUT2D eigenvalue weighted by Gasteiger charge is -2.21. The van der Waals surface area contributed by atoms with Crippen molar-refractivity contribution < 1.29 is 9.18 Å². The van der Waals surface area contributed by atoms with E-state index in [1.807, 2.05) is 12.1 Å². The van der Waals surface area contributed by atoms with Gasteiger partial charge in [-0.1, -0.05) is 23.7 Å². The molecule has 1 saturated heterocycles. The molecule has 1 amide bonds. The van der Waals surface area contributed by atoms with E-state index in [-0.39, 0.29) is 5.91 Å². The summed E-state index contributed by atoms with van der Waals surface area (Å²) in [6, 6.07) is 11.8. The third-order valence-electron chi connectivity index (χ3n) is 4.99. The molecule has 0 radical (unpaired) electrons. The van der Waals surface area contributed by atoms with E-state index < -0.39 is 5.82 Å². The zero-order valence-corrected chi connectivity index (χ0v) is 16.2. The monoisotopic (exact) mass is 398 g/mol. The summed E-state index contributed by atoms with van der Waals surface area (Å²) < 4.78 is 15.5. The van der Waals surface area contributed by atoms with Gasteiger partial charge in [-0.15, -0.1) is 0 Å². The first kappa shape index (κ1) is 18.5. The molecule has 0 aliphatic carbocycles. The van der Waals surface area contributed by atoms with E-state index in [4.69, 9.17) is 11.6 Å². The van der Waals surface area contributed by atoms with Gasteiger partial charge in [-0.2, -0.15) is 5.10 Å². The highest BCUT2D eigenvalue weighted by Crippen LogP contribution is 2.32. The number of aromatic nitrogens is 2. The number of carbonyl (C=O) groups is 1. The summed E-state index contributed by atoms with van der Waals surface area (Å²) in [7, 11) is 0. The molecule has 0 spiro atoms. The standard InChI is InChI=1S/C21H20ClFN4O/c1-14-16(13-24-27(14)19-7-3-2-6-17(19)23)21(28)25-18-12-15(22)8-9-20(18)26-10-4-5-11-26/h2-3,6-9,12-13H,4-5,10-11H2,1H3,(H,25,28). The molecule has 3 aromatic rings. The van der Waals surface area contributed by atoms with Gasteiger partial charge in [0.05, 0.1) is 28.8 Å². The van der Waals surface area contributed by atoms with Crippen LogP contribution in [-0.4, -0.2) is 28.8 Å². The van der Waals surface area contributed by atoms with Crippen LogP contribution in [0.1, 0.15) is 28.9 Å². The molecule has 0 atom stereocenters. The minimum atomic E-state index is -0.396. The van der Waals surface area contributed by atoms with Crippen molar-refractivity contribution in [1.82, 2.24) is 9.78 Å². The Hall–Kier alpha value is -2.86. The van der Waals surface area contributed by atoms with Crippen LogP contribution in [-0.2, 0) is 0 Å². The molecular weight excluding hydrogens is 379 g/mol. The Morgan fingerprint density at radius 2 is 1.89 bits per heavy atom. The van der Waals surface area contributed by atoms with Gasteiger partial charge in [0.25, 0.3) is 5.91 Å². The lowest BCUT2D eigenvalue weighted by Crippen LogP contribution is -2.21. The number of nitrogens with zero attached hydrogens (tertiary/aromatic N) is 3. The van der Waals surface area contributed by atoms with Crippen LogP contribution in [0.4, 0.5) is 15.8 Å². The van der Waals surface area contributed by atoms with Crippen molar-refractivity contribution in [3.63, 3.8) is 0 Å². The zero-order chi connectivity index (χ0) is 19.7. The van der Waals surface area contributed by atoms with E-state index in [2.05, 4.69) is 15.3 Å². The first-order chi connectivity index (χ1) is 13.5. The van der Waals surface area contributed by atoms with Gasteiger partial charge in [-0.05, 0) is 50.1 Å². The fraction of sp³-hybridized carbons (Fsp3) is 0.238. The number of rotatable bonds is 4. The van der Waals surface area contributed by atoms with Crippen molar-refractivity contribution >= 4 is 28.9 Å². The molecule has 7 heteroatoms. The summed E-state index contributed by atoms with van der Waals surface area (Å²) in [5, 5.41) is 7.71. The van der Waals surface area contributed by atoms with Crippen LogP contribution in [0.15, 0.2) is 48.7 Å². The average Bonchev–Trinajstić information content (AvgIpc) is 3.32. The second-order valence-corrected chi connectivity index (χ2v) is 7.25. The summed E-state index contributed by atoms with van der Waals surface area (Å²) in [6.45, 7) is 3.65. The van der Waals surface area contributed by atoms with Crippen molar-refractivity contribution in [3.05, 3.63) is 70.8 Å². The molecule has 1 aliphatic heterocycles. The van der Waals surface area contributed by atoms with Crippen molar-refractivity contribution in [2.75, 3.05) is 23.3 Å². The third-order valence-corrected chi connectivity index (χ3v) is 5.22. The van der Waals surface area contributed by atoms with Gasteiger partial charge in [-0.3, -0.25) is 4.79 Å². The van der Waals surface area contributed by atoms with Gasteiger partial charge >= 0.3 is 0 Å². The Morgan fingerprint density at radius 1 is 1.14 bits per heavy atom. The highest BCUT2D eigenvalue weighted by Gasteiger charge is 2.21. The molecule has 4 rings (SSSR count). The Bertz CT molecular complexity index is 1030. The van der Waals surface area contributed by atoms with Crippen LogP contribution in [0, 0.1) is 12.7 Å². The maximum absolute atomic E-state index is 14.1. The maximum atomic E-state index is 14.1. The fourth-order valence-electron chi connectivity index (χ4n) is 3.53.